The molecule has 100 valence electrons. The molecular formula is C12H23NO4. The van der Waals surface area contributed by atoms with Gasteiger partial charge >= 0.3 is 11.9 Å². The van der Waals surface area contributed by atoms with Gasteiger partial charge in [0.05, 0.1) is 25.6 Å². The van der Waals surface area contributed by atoms with E-state index in [2.05, 4.69) is 0 Å². The third-order valence-electron chi connectivity index (χ3n) is 2.26. The Morgan fingerprint density at radius 1 is 1.12 bits per heavy atom. The minimum Gasteiger partial charge on any atom is -0.466 e. The molecule has 0 unspecified atom stereocenters. The quantitative estimate of drug-likeness (QED) is 0.599. The number of hydrogen-bond donors (Lipinski definition) is 0. The maximum atomic E-state index is 11.6. The molecule has 0 aliphatic heterocycles. The average molecular weight is 245 g/mol. The van der Waals surface area contributed by atoms with Gasteiger partial charge in [-0.2, -0.15) is 0 Å². The first-order valence-corrected chi connectivity index (χ1v) is 5.98. The van der Waals surface area contributed by atoms with Crippen molar-refractivity contribution in [1.29, 1.82) is 0 Å². The predicted molar refractivity (Wildman–Crippen MR) is 64.5 cm³/mol. The molecule has 0 amide bonds. The van der Waals surface area contributed by atoms with E-state index in [4.69, 9.17) is 9.47 Å². The highest BCUT2D eigenvalue weighted by atomic mass is 16.5. The lowest BCUT2D eigenvalue weighted by atomic mass is 10.0. The lowest BCUT2D eigenvalue weighted by Crippen LogP contribution is -2.26. The van der Waals surface area contributed by atoms with Crippen LogP contribution in [-0.4, -0.2) is 50.7 Å². The van der Waals surface area contributed by atoms with Crippen LogP contribution in [0.1, 0.15) is 26.7 Å². The summed E-state index contributed by atoms with van der Waals surface area (Å²) in [6.45, 7) is 4.91. The molecule has 0 aliphatic rings. The molecule has 0 N–H and O–H groups in total. The fraction of sp³-hybridized carbons (Fsp3) is 0.833. The van der Waals surface area contributed by atoms with Crippen LogP contribution >= 0.6 is 0 Å². The number of esters is 2. The highest BCUT2D eigenvalue weighted by Crippen LogP contribution is 2.12. The van der Waals surface area contributed by atoms with Gasteiger partial charge in [0.2, 0.25) is 0 Å². The molecule has 0 aromatic rings. The van der Waals surface area contributed by atoms with Gasteiger partial charge in [0.25, 0.3) is 0 Å². The molecule has 0 aromatic heterocycles. The summed E-state index contributed by atoms with van der Waals surface area (Å²) < 4.78 is 9.80. The van der Waals surface area contributed by atoms with Crippen LogP contribution in [0.25, 0.3) is 0 Å². The van der Waals surface area contributed by atoms with Crippen molar-refractivity contribution in [3.8, 4) is 0 Å². The van der Waals surface area contributed by atoms with E-state index >= 15 is 0 Å². The molecule has 0 spiro atoms. The zero-order valence-corrected chi connectivity index (χ0v) is 11.2. The second-order valence-electron chi connectivity index (χ2n) is 4.05. The van der Waals surface area contributed by atoms with Gasteiger partial charge < -0.3 is 14.4 Å². The summed E-state index contributed by atoms with van der Waals surface area (Å²) in [7, 11) is 3.85. The van der Waals surface area contributed by atoms with Crippen molar-refractivity contribution in [2.75, 3.05) is 33.9 Å². The van der Waals surface area contributed by atoms with E-state index in [1.165, 1.54) is 0 Å². The molecule has 0 aromatic carbocycles. The zero-order chi connectivity index (χ0) is 13.3. The smallest absolute Gasteiger partial charge is 0.309 e. The maximum absolute atomic E-state index is 11.6. The standard InChI is InChI=1S/C12H23NO4/c1-5-16-11(14)9-10(7-8-13(3)4)12(15)17-6-2/h10H,5-9H2,1-4H3/t10-/m0/s1. The Bertz CT molecular complexity index is 241. The topological polar surface area (TPSA) is 55.8 Å². The van der Waals surface area contributed by atoms with E-state index in [1.807, 2.05) is 19.0 Å². The lowest BCUT2D eigenvalue weighted by Gasteiger charge is -2.17. The molecule has 0 radical (unpaired) electrons. The second kappa shape index (κ2) is 8.98. The number of rotatable bonds is 8. The van der Waals surface area contributed by atoms with E-state index < -0.39 is 5.92 Å². The number of hydrogen-bond acceptors (Lipinski definition) is 5. The summed E-state index contributed by atoms with van der Waals surface area (Å²) in [4.78, 5) is 25.0. The number of ether oxygens (including phenoxy) is 2. The van der Waals surface area contributed by atoms with Crippen LogP contribution in [0.2, 0.25) is 0 Å². The number of carbonyl (C=O) groups is 2. The van der Waals surface area contributed by atoms with E-state index in [-0.39, 0.29) is 18.4 Å². The highest BCUT2D eigenvalue weighted by Gasteiger charge is 2.23. The first-order valence-electron chi connectivity index (χ1n) is 5.98. The van der Waals surface area contributed by atoms with Crippen molar-refractivity contribution in [2.24, 2.45) is 5.92 Å². The third kappa shape index (κ3) is 7.74. The Hall–Kier alpha value is -1.10. The Kier molecular flexibility index (Phi) is 8.40. The van der Waals surface area contributed by atoms with Crippen molar-refractivity contribution < 1.29 is 19.1 Å². The molecule has 0 rings (SSSR count). The van der Waals surface area contributed by atoms with Crippen LogP contribution in [0, 0.1) is 5.92 Å². The SMILES string of the molecule is CCOC(=O)C[C@H](CCN(C)C)C(=O)OCC. The maximum Gasteiger partial charge on any atom is 0.309 e. The summed E-state index contributed by atoms with van der Waals surface area (Å²) in [5, 5.41) is 0. The van der Waals surface area contributed by atoms with Crippen molar-refractivity contribution in [2.45, 2.75) is 26.7 Å². The number of carbonyl (C=O) groups excluding carboxylic acids is 2. The summed E-state index contributed by atoms with van der Waals surface area (Å²) in [6.07, 6.45) is 0.700. The Morgan fingerprint density at radius 3 is 2.18 bits per heavy atom. The summed E-state index contributed by atoms with van der Waals surface area (Å²) in [6, 6.07) is 0. The summed E-state index contributed by atoms with van der Waals surface area (Å²) in [5.41, 5.74) is 0. The summed E-state index contributed by atoms with van der Waals surface area (Å²) in [5.74, 6) is -1.07. The predicted octanol–water partition coefficient (Wildman–Crippen LogP) is 1.07. The molecule has 0 heterocycles. The monoisotopic (exact) mass is 245 g/mol. The molecule has 0 bridgehead atoms. The van der Waals surface area contributed by atoms with Crippen molar-refractivity contribution >= 4 is 11.9 Å². The molecule has 5 nitrogen and oxygen atoms in total. The van der Waals surface area contributed by atoms with E-state index in [0.717, 1.165) is 6.54 Å². The molecule has 1 atom stereocenters. The molecule has 0 aliphatic carbocycles. The molecular weight excluding hydrogens is 222 g/mol. The van der Waals surface area contributed by atoms with Crippen LogP contribution in [0.3, 0.4) is 0 Å². The molecule has 0 fully saturated rings. The lowest BCUT2D eigenvalue weighted by molar-refractivity contribution is -0.155. The Labute approximate surface area is 103 Å². The normalized spacial score (nSPS) is 12.3. The zero-order valence-electron chi connectivity index (χ0n) is 11.2. The van der Waals surface area contributed by atoms with Crippen molar-refractivity contribution in [3.63, 3.8) is 0 Å². The summed E-state index contributed by atoms with van der Waals surface area (Å²) >= 11 is 0. The molecule has 17 heavy (non-hydrogen) atoms. The van der Waals surface area contributed by atoms with Gasteiger partial charge in [0, 0.05) is 0 Å². The average Bonchev–Trinajstić information content (AvgIpc) is 2.24. The fourth-order valence-corrected chi connectivity index (χ4v) is 1.40. The van der Waals surface area contributed by atoms with Crippen molar-refractivity contribution in [1.82, 2.24) is 4.90 Å². The van der Waals surface area contributed by atoms with E-state index in [0.29, 0.717) is 19.6 Å². The highest BCUT2D eigenvalue weighted by molar-refractivity contribution is 5.79. The van der Waals surface area contributed by atoms with Gasteiger partial charge in [-0.3, -0.25) is 9.59 Å². The third-order valence-corrected chi connectivity index (χ3v) is 2.26. The van der Waals surface area contributed by atoms with Gasteiger partial charge in [0.1, 0.15) is 0 Å². The molecule has 5 heteroatoms. The van der Waals surface area contributed by atoms with E-state index in [1.54, 1.807) is 13.8 Å². The van der Waals surface area contributed by atoms with Crippen LogP contribution in [0.15, 0.2) is 0 Å². The minimum atomic E-state index is -0.406. The number of nitrogens with zero attached hydrogens (tertiary/aromatic N) is 1. The Balaban J connectivity index is 4.28. The van der Waals surface area contributed by atoms with Gasteiger partial charge in [-0.15, -0.1) is 0 Å². The van der Waals surface area contributed by atoms with Crippen LogP contribution in [-0.2, 0) is 19.1 Å². The van der Waals surface area contributed by atoms with E-state index in [9.17, 15) is 9.59 Å². The van der Waals surface area contributed by atoms with Crippen molar-refractivity contribution in [3.05, 3.63) is 0 Å². The van der Waals surface area contributed by atoms with Gasteiger partial charge in [-0.25, -0.2) is 0 Å². The minimum absolute atomic E-state index is 0.0977. The first kappa shape index (κ1) is 15.9. The van der Waals surface area contributed by atoms with Gasteiger partial charge in [-0.1, -0.05) is 0 Å². The largest absolute Gasteiger partial charge is 0.466 e. The van der Waals surface area contributed by atoms with Gasteiger partial charge in [-0.05, 0) is 40.9 Å². The Morgan fingerprint density at radius 2 is 1.71 bits per heavy atom. The van der Waals surface area contributed by atoms with Crippen LogP contribution < -0.4 is 0 Å². The first-order chi connectivity index (χ1) is 8.01. The molecule has 0 saturated heterocycles. The fourth-order valence-electron chi connectivity index (χ4n) is 1.40. The molecule has 0 saturated carbocycles. The van der Waals surface area contributed by atoms with Gasteiger partial charge in [0.15, 0.2) is 0 Å². The van der Waals surface area contributed by atoms with Crippen LogP contribution in [0.5, 0.6) is 0 Å². The van der Waals surface area contributed by atoms with Crippen LogP contribution in [0.4, 0.5) is 0 Å². The second-order valence-corrected chi connectivity index (χ2v) is 4.05.